The van der Waals surface area contributed by atoms with E-state index in [4.69, 9.17) is 0 Å². The van der Waals surface area contributed by atoms with Gasteiger partial charge in [0, 0.05) is 26.7 Å². The van der Waals surface area contributed by atoms with Crippen molar-refractivity contribution in [2.75, 3.05) is 46.8 Å². The molecule has 1 fully saturated rings. The molecule has 0 saturated carbocycles. The molecule has 1 aliphatic heterocycles. The second-order valence-corrected chi connectivity index (χ2v) is 7.71. The summed E-state index contributed by atoms with van der Waals surface area (Å²) in [5.41, 5.74) is 2.50. The summed E-state index contributed by atoms with van der Waals surface area (Å²) in [6.45, 7) is 4.11. The Labute approximate surface area is 195 Å². The fourth-order valence-electron chi connectivity index (χ4n) is 3.49. The van der Waals surface area contributed by atoms with Crippen molar-refractivity contribution in [3.05, 3.63) is 35.4 Å². The van der Waals surface area contributed by atoms with Gasteiger partial charge in [0.25, 0.3) is 0 Å². The van der Waals surface area contributed by atoms with E-state index in [1.807, 2.05) is 0 Å². The molecule has 172 valence electrons. The largest absolute Gasteiger partial charge is 0.401 e. The molecule has 0 atom stereocenters. The van der Waals surface area contributed by atoms with Crippen molar-refractivity contribution in [2.24, 2.45) is 4.99 Å². The van der Waals surface area contributed by atoms with Crippen LogP contribution >= 0.6 is 24.0 Å². The van der Waals surface area contributed by atoms with Crippen LogP contribution in [0.25, 0.3) is 0 Å². The predicted molar refractivity (Wildman–Crippen MR) is 127 cm³/mol. The fraction of sp³-hybridized carbons (Fsp3) is 0.667. The zero-order chi connectivity index (χ0) is 21.1. The van der Waals surface area contributed by atoms with Crippen molar-refractivity contribution >= 4 is 29.9 Å². The molecule has 1 aliphatic rings. The Bertz CT molecular complexity index is 616. The van der Waals surface area contributed by atoms with Crippen molar-refractivity contribution in [1.82, 2.24) is 20.4 Å². The topological polar surface area (TPSA) is 42.9 Å². The van der Waals surface area contributed by atoms with Gasteiger partial charge in [0.05, 0.1) is 6.54 Å². The lowest BCUT2D eigenvalue weighted by atomic mass is 10.1. The first-order valence-electron chi connectivity index (χ1n) is 10.4. The number of nitrogens with zero attached hydrogens (tertiary/aromatic N) is 3. The number of hydrogen-bond acceptors (Lipinski definition) is 3. The molecule has 0 unspecified atom stereocenters. The Morgan fingerprint density at radius 3 is 2.30 bits per heavy atom. The van der Waals surface area contributed by atoms with Crippen molar-refractivity contribution in [2.45, 2.75) is 44.9 Å². The third-order valence-electron chi connectivity index (χ3n) is 5.02. The summed E-state index contributed by atoms with van der Waals surface area (Å²) in [7, 11) is 3.17. The lowest BCUT2D eigenvalue weighted by Crippen LogP contribution is -2.39. The standard InChI is InChI=1S/C21H34F3N5.HI/c1-25-20(26-11-6-12-28(2)17-21(22,23)24)27-15-18-7-9-19(10-8-18)16-29-13-4-3-5-14-29;/h7-10H,3-6,11-17H2,1-2H3,(H2,25,26,27);1H. The maximum atomic E-state index is 12.3. The normalized spacial score (nSPS) is 15.7. The number of guanidine groups is 1. The maximum Gasteiger partial charge on any atom is 0.401 e. The number of alkyl halides is 3. The van der Waals surface area contributed by atoms with Gasteiger partial charge < -0.3 is 10.6 Å². The molecule has 0 aliphatic carbocycles. The Hall–Kier alpha value is -1.07. The maximum absolute atomic E-state index is 12.3. The van der Waals surface area contributed by atoms with Crippen molar-refractivity contribution in [1.29, 1.82) is 0 Å². The van der Waals surface area contributed by atoms with Gasteiger partial charge in [0.15, 0.2) is 5.96 Å². The second-order valence-electron chi connectivity index (χ2n) is 7.71. The van der Waals surface area contributed by atoms with Crippen LogP contribution in [-0.4, -0.2) is 68.8 Å². The van der Waals surface area contributed by atoms with Crippen LogP contribution in [0.15, 0.2) is 29.3 Å². The third kappa shape index (κ3) is 11.4. The molecule has 0 amide bonds. The number of piperidine rings is 1. The monoisotopic (exact) mass is 541 g/mol. The molecule has 1 saturated heterocycles. The molecule has 0 aromatic heterocycles. The van der Waals surface area contributed by atoms with E-state index in [1.165, 1.54) is 55.4 Å². The molecule has 2 rings (SSSR count). The van der Waals surface area contributed by atoms with E-state index < -0.39 is 12.7 Å². The molecule has 1 aromatic carbocycles. The summed E-state index contributed by atoms with van der Waals surface area (Å²) < 4.78 is 36.9. The van der Waals surface area contributed by atoms with E-state index in [1.54, 1.807) is 7.05 Å². The van der Waals surface area contributed by atoms with Crippen LogP contribution in [0.2, 0.25) is 0 Å². The van der Waals surface area contributed by atoms with E-state index in [9.17, 15) is 13.2 Å². The second kappa shape index (κ2) is 14.1. The molecule has 9 heteroatoms. The van der Waals surface area contributed by atoms with Gasteiger partial charge >= 0.3 is 6.18 Å². The molecule has 1 aromatic rings. The smallest absolute Gasteiger partial charge is 0.356 e. The van der Waals surface area contributed by atoms with Crippen LogP contribution in [0.5, 0.6) is 0 Å². The fourth-order valence-corrected chi connectivity index (χ4v) is 3.49. The van der Waals surface area contributed by atoms with Gasteiger partial charge in [-0.15, -0.1) is 24.0 Å². The van der Waals surface area contributed by atoms with E-state index in [0.29, 0.717) is 32.0 Å². The van der Waals surface area contributed by atoms with Crippen molar-refractivity contribution < 1.29 is 13.2 Å². The summed E-state index contributed by atoms with van der Waals surface area (Å²) in [6, 6.07) is 8.62. The number of rotatable bonds is 9. The van der Waals surface area contributed by atoms with E-state index in [2.05, 4.69) is 44.8 Å². The first kappa shape index (κ1) is 27.0. The van der Waals surface area contributed by atoms with Gasteiger partial charge in [-0.25, -0.2) is 0 Å². The molecule has 1 heterocycles. The number of likely N-dealkylation sites (tertiary alicyclic amines) is 1. The van der Waals surface area contributed by atoms with Gasteiger partial charge in [0.1, 0.15) is 0 Å². The van der Waals surface area contributed by atoms with Gasteiger partial charge in [0.2, 0.25) is 0 Å². The zero-order valence-electron chi connectivity index (χ0n) is 18.0. The van der Waals surface area contributed by atoms with Crippen LogP contribution < -0.4 is 10.6 Å². The zero-order valence-corrected chi connectivity index (χ0v) is 20.3. The minimum Gasteiger partial charge on any atom is -0.356 e. The molecular formula is C21H35F3IN5. The predicted octanol–water partition coefficient (Wildman–Crippen LogP) is 3.84. The number of aliphatic imine (C=N–C) groups is 1. The minimum absolute atomic E-state index is 0. The van der Waals surface area contributed by atoms with E-state index >= 15 is 0 Å². The highest BCUT2D eigenvalue weighted by Gasteiger charge is 2.28. The summed E-state index contributed by atoms with van der Waals surface area (Å²) in [6.07, 6.45) is 0.405. The van der Waals surface area contributed by atoms with Crippen molar-refractivity contribution in [3.8, 4) is 0 Å². The average Bonchev–Trinajstić information content (AvgIpc) is 2.68. The third-order valence-corrected chi connectivity index (χ3v) is 5.02. The van der Waals surface area contributed by atoms with Crippen LogP contribution in [-0.2, 0) is 13.1 Å². The molecule has 0 bridgehead atoms. The number of halogens is 4. The van der Waals surface area contributed by atoms with Crippen LogP contribution in [0.3, 0.4) is 0 Å². The first-order valence-corrected chi connectivity index (χ1v) is 10.4. The molecule has 0 radical (unpaired) electrons. The van der Waals surface area contributed by atoms with Crippen LogP contribution in [0.1, 0.15) is 36.8 Å². The molecular weight excluding hydrogens is 506 g/mol. The highest BCUT2D eigenvalue weighted by Crippen LogP contribution is 2.15. The Kier molecular flexibility index (Phi) is 12.7. The lowest BCUT2D eigenvalue weighted by Gasteiger charge is -2.26. The number of benzene rings is 1. The lowest BCUT2D eigenvalue weighted by molar-refractivity contribution is -0.143. The molecule has 2 N–H and O–H groups in total. The van der Waals surface area contributed by atoms with Gasteiger partial charge in [-0.2, -0.15) is 13.2 Å². The minimum atomic E-state index is -4.15. The van der Waals surface area contributed by atoms with Crippen LogP contribution in [0, 0.1) is 0 Å². The van der Waals surface area contributed by atoms with E-state index in [-0.39, 0.29) is 24.0 Å². The molecule has 0 spiro atoms. The SMILES string of the molecule is CN=C(NCCCN(C)CC(F)(F)F)NCc1ccc(CN2CCCCC2)cc1.I. The summed E-state index contributed by atoms with van der Waals surface area (Å²) in [5, 5.41) is 6.40. The van der Waals surface area contributed by atoms with Crippen LogP contribution in [0.4, 0.5) is 13.2 Å². The summed E-state index contributed by atoms with van der Waals surface area (Å²) in [5.74, 6) is 0.654. The number of hydrogen-bond donors (Lipinski definition) is 2. The highest BCUT2D eigenvalue weighted by molar-refractivity contribution is 14.0. The quantitative estimate of drug-likeness (QED) is 0.216. The van der Waals surface area contributed by atoms with E-state index in [0.717, 1.165) is 6.54 Å². The molecule has 30 heavy (non-hydrogen) atoms. The Morgan fingerprint density at radius 2 is 1.70 bits per heavy atom. The summed E-state index contributed by atoms with van der Waals surface area (Å²) >= 11 is 0. The van der Waals surface area contributed by atoms with Gasteiger partial charge in [-0.1, -0.05) is 30.7 Å². The Morgan fingerprint density at radius 1 is 1.07 bits per heavy atom. The molecule has 5 nitrogen and oxygen atoms in total. The van der Waals surface area contributed by atoms with Crippen molar-refractivity contribution in [3.63, 3.8) is 0 Å². The summed E-state index contributed by atoms with van der Waals surface area (Å²) in [4.78, 5) is 7.96. The Balaban J connectivity index is 0.00000450. The first-order chi connectivity index (χ1) is 13.9. The average molecular weight is 541 g/mol. The number of nitrogens with one attached hydrogen (secondary N) is 2. The highest BCUT2D eigenvalue weighted by atomic mass is 127. The van der Waals surface area contributed by atoms with Gasteiger partial charge in [-0.05, 0) is 57.1 Å². The van der Waals surface area contributed by atoms with Gasteiger partial charge in [-0.3, -0.25) is 14.8 Å².